The van der Waals surface area contributed by atoms with Crippen molar-refractivity contribution in [2.45, 2.75) is 77.7 Å². The second-order valence-electron chi connectivity index (χ2n) is 14.7. The summed E-state index contributed by atoms with van der Waals surface area (Å²) < 4.78 is 118. The van der Waals surface area contributed by atoms with E-state index >= 15 is 0 Å². The first-order valence-corrected chi connectivity index (χ1v) is 19.8. The molecule has 2 aromatic carbocycles. The number of carbonyl (C=O) groups excluding carboxylic acids is 2. The predicted octanol–water partition coefficient (Wildman–Crippen LogP) is 5.02. The van der Waals surface area contributed by atoms with Gasteiger partial charge in [0.25, 0.3) is 0 Å². The van der Waals surface area contributed by atoms with Crippen LogP contribution in [0.2, 0.25) is 0 Å². The van der Waals surface area contributed by atoms with Gasteiger partial charge >= 0.3 is 12.2 Å². The van der Waals surface area contributed by atoms with Gasteiger partial charge in [-0.2, -0.15) is 0 Å². The van der Waals surface area contributed by atoms with Crippen molar-refractivity contribution in [2.24, 2.45) is 9.98 Å². The molecule has 22 heteroatoms. The Hall–Kier alpha value is -4.18. The molecule has 0 unspecified atom stereocenters. The summed E-state index contributed by atoms with van der Waals surface area (Å²) in [5.74, 6) is -5.57. The summed E-state index contributed by atoms with van der Waals surface area (Å²) in [4.78, 5) is 32.5. The molecule has 0 fully saturated rings. The van der Waals surface area contributed by atoms with E-state index in [0.29, 0.717) is 12.1 Å². The SMILES string of the molecule is CN1C(NC(=O)OC(C)(C)C)=N[C@](C)(c2cc(Br)c(F)cc2F)CS1(=O)=O.CN1C(NC(=O)OC(C)(C)C)=N[C@](C)(c2cc(N)c(F)cc2F)CS1(=O)=O. The topological polar surface area (TPSA) is 202 Å². The van der Waals surface area contributed by atoms with Gasteiger partial charge in [-0.1, -0.05) is 0 Å². The number of nitrogen functional groups attached to an aromatic ring is 1. The molecule has 15 nitrogen and oxygen atoms in total. The van der Waals surface area contributed by atoms with E-state index in [-0.39, 0.29) is 33.2 Å². The van der Waals surface area contributed by atoms with E-state index in [1.54, 1.807) is 41.5 Å². The molecule has 0 spiro atoms. The maximum Gasteiger partial charge on any atom is 0.414 e. The average molecular weight is 873 g/mol. The Morgan fingerprint density at radius 1 is 0.722 bits per heavy atom. The fourth-order valence-corrected chi connectivity index (χ4v) is 8.32. The van der Waals surface area contributed by atoms with Crippen LogP contribution in [0.5, 0.6) is 0 Å². The van der Waals surface area contributed by atoms with Gasteiger partial charge in [0.15, 0.2) is 0 Å². The normalized spacial score (nSPS) is 22.2. The summed E-state index contributed by atoms with van der Waals surface area (Å²) in [7, 11) is -5.50. The number of hydrogen-bond acceptors (Lipinski definition) is 11. The van der Waals surface area contributed by atoms with Crippen molar-refractivity contribution in [2.75, 3.05) is 31.3 Å². The average Bonchev–Trinajstić information content (AvgIpc) is 2.96. The minimum atomic E-state index is -3.96. The van der Waals surface area contributed by atoms with E-state index in [2.05, 4.69) is 36.5 Å². The number of nitrogens with zero attached hydrogens (tertiary/aromatic N) is 4. The molecule has 0 saturated heterocycles. The zero-order valence-electron chi connectivity index (χ0n) is 31.1. The molecule has 2 atom stereocenters. The number of carbonyl (C=O) groups is 2. The van der Waals surface area contributed by atoms with E-state index in [1.165, 1.54) is 27.9 Å². The van der Waals surface area contributed by atoms with Crippen molar-refractivity contribution < 1.29 is 53.5 Å². The van der Waals surface area contributed by atoms with Crippen molar-refractivity contribution in [1.29, 1.82) is 0 Å². The molecule has 0 radical (unpaired) electrons. The number of guanidine groups is 2. The quantitative estimate of drug-likeness (QED) is 0.211. The highest BCUT2D eigenvalue weighted by molar-refractivity contribution is 9.10. The molecular formula is C32H42BrF4N7O8S2. The van der Waals surface area contributed by atoms with Crippen molar-refractivity contribution in [3.05, 3.63) is 63.1 Å². The number of ether oxygens (including phenoxy) is 2. The van der Waals surface area contributed by atoms with Crippen LogP contribution in [0.4, 0.5) is 32.8 Å². The number of sulfonamides is 2. The molecule has 0 aromatic heterocycles. The Morgan fingerprint density at radius 2 is 1.07 bits per heavy atom. The molecule has 2 aliphatic heterocycles. The molecule has 4 rings (SSSR count). The first-order chi connectivity index (χ1) is 24.3. The number of rotatable bonds is 2. The number of nitrogens with two attached hydrogens (primary N) is 1. The third-order valence-electron chi connectivity index (χ3n) is 7.55. The van der Waals surface area contributed by atoms with Crippen molar-refractivity contribution in [1.82, 2.24) is 19.2 Å². The van der Waals surface area contributed by atoms with Gasteiger partial charge in [0, 0.05) is 37.4 Å². The highest BCUT2D eigenvalue weighted by Crippen LogP contribution is 2.37. The maximum atomic E-state index is 14.4. The Balaban J connectivity index is 0.000000290. The van der Waals surface area contributed by atoms with Crippen molar-refractivity contribution in [3.8, 4) is 0 Å². The van der Waals surface area contributed by atoms with Crippen LogP contribution in [0.15, 0.2) is 38.7 Å². The molecule has 0 saturated carbocycles. The van der Waals surface area contributed by atoms with Gasteiger partial charge in [0.2, 0.25) is 32.0 Å². The maximum absolute atomic E-state index is 14.4. The number of nitrogens with one attached hydrogen (secondary N) is 2. The number of benzene rings is 2. The Kier molecular flexibility index (Phi) is 12.4. The summed E-state index contributed by atoms with van der Waals surface area (Å²) >= 11 is 2.96. The van der Waals surface area contributed by atoms with Crippen LogP contribution in [0.25, 0.3) is 0 Å². The second kappa shape index (κ2) is 15.2. The first kappa shape index (κ1) is 44.2. The lowest BCUT2D eigenvalue weighted by Gasteiger charge is -2.36. The molecule has 0 aliphatic carbocycles. The zero-order chi connectivity index (χ0) is 41.6. The lowest BCUT2D eigenvalue weighted by Crippen LogP contribution is -2.54. The Labute approximate surface area is 319 Å². The lowest BCUT2D eigenvalue weighted by molar-refractivity contribution is 0.0546. The van der Waals surface area contributed by atoms with Crippen LogP contribution in [0, 0.1) is 23.3 Å². The molecule has 2 aliphatic rings. The van der Waals surface area contributed by atoms with Crippen LogP contribution >= 0.6 is 15.9 Å². The molecule has 0 bridgehead atoms. The van der Waals surface area contributed by atoms with Gasteiger partial charge in [0.05, 0.1) is 21.7 Å². The Morgan fingerprint density at radius 3 is 1.44 bits per heavy atom. The summed E-state index contributed by atoms with van der Waals surface area (Å²) in [5.41, 5.74) is -0.0451. The van der Waals surface area contributed by atoms with E-state index in [9.17, 15) is 44.0 Å². The van der Waals surface area contributed by atoms with Crippen LogP contribution in [0.3, 0.4) is 0 Å². The summed E-state index contributed by atoms with van der Waals surface area (Å²) in [5, 5.41) is 4.54. The van der Waals surface area contributed by atoms with Gasteiger partial charge in [-0.3, -0.25) is 10.6 Å². The van der Waals surface area contributed by atoms with Crippen LogP contribution in [-0.4, -0.2) is 86.4 Å². The summed E-state index contributed by atoms with van der Waals surface area (Å²) in [6, 6.07) is 3.35. The van der Waals surface area contributed by atoms with Crippen LogP contribution < -0.4 is 16.4 Å². The predicted molar refractivity (Wildman–Crippen MR) is 196 cm³/mol. The number of hydrogen-bond donors (Lipinski definition) is 3. The molecule has 2 amide bonds. The Bertz CT molecular complexity index is 1980. The first-order valence-electron chi connectivity index (χ1n) is 15.8. The third kappa shape index (κ3) is 10.5. The third-order valence-corrected chi connectivity index (χ3v) is 12.0. The minimum Gasteiger partial charge on any atom is -0.444 e. The van der Waals surface area contributed by atoms with Crippen LogP contribution in [-0.2, 0) is 40.6 Å². The van der Waals surface area contributed by atoms with Gasteiger partial charge in [-0.15, -0.1) is 0 Å². The second-order valence-corrected chi connectivity index (χ2v) is 19.6. The van der Waals surface area contributed by atoms with Crippen molar-refractivity contribution >= 4 is 65.8 Å². The number of aliphatic imine (C=N–C) groups is 2. The number of anilines is 1. The number of amides is 2. The number of alkyl carbamates (subject to hydrolysis) is 2. The smallest absolute Gasteiger partial charge is 0.414 e. The van der Waals surface area contributed by atoms with E-state index in [4.69, 9.17) is 15.2 Å². The fourth-order valence-electron chi connectivity index (χ4n) is 5.03. The van der Waals surface area contributed by atoms with E-state index < -0.39 is 89.3 Å². The van der Waals surface area contributed by atoms with Gasteiger partial charge in [0.1, 0.15) is 45.5 Å². The molecule has 300 valence electrons. The molecule has 54 heavy (non-hydrogen) atoms. The molecule has 2 heterocycles. The standard InChI is InChI=1S/C16H20BrF2N3O4S.C16H22F2N4O4S/c1-15(2,3)26-14(23)20-13-21-16(4,8-27(24,25)22(13)5)9-6-10(17)12(19)7-11(9)18;1-15(2,3)26-14(23)20-13-21-16(4,8-27(24,25)22(13)5)9-6-12(19)11(18)7-10(9)17/h6-7H,8H2,1-5H3,(H,20,21,23);6-7H,8,19H2,1-5H3,(H,20,21,23)/t2*16-/m00/s1. The number of halogens is 5. The largest absolute Gasteiger partial charge is 0.444 e. The lowest BCUT2D eigenvalue weighted by atomic mass is 9.93. The zero-order valence-corrected chi connectivity index (χ0v) is 34.3. The van der Waals surface area contributed by atoms with Crippen LogP contribution in [0.1, 0.15) is 66.5 Å². The van der Waals surface area contributed by atoms with Crippen molar-refractivity contribution in [3.63, 3.8) is 0 Å². The van der Waals surface area contributed by atoms with E-state index in [1.807, 2.05) is 0 Å². The minimum absolute atomic E-state index is 0.0340. The summed E-state index contributed by atoms with van der Waals surface area (Å²) in [6.45, 7) is 12.6. The monoisotopic (exact) mass is 871 g/mol. The fraction of sp³-hybridized carbons (Fsp3) is 0.500. The van der Waals surface area contributed by atoms with Gasteiger partial charge in [-0.25, -0.2) is 62.6 Å². The van der Waals surface area contributed by atoms with Gasteiger partial charge < -0.3 is 15.2 Å². The molecular weight excluding hydrogens is 830 g/mol. The summed E-state index contributed by atoms with van der Waals surface area (Å²) in [6.07, 6.45) is -1.83. The van der Waals surface area contributed by atoms with E-state index in [0.717, 1.165) is 20.7 Å². The highest BCUT2D eigenvalue weighted by Gasteiger charge is 2.45. The molecule has 4 N–H and O–H groups in total. The van der Waals surface area contributed by atoms with Gasteiger partial charge in [-0.05, 0) is 83.5 Å². The highest BCUT2D eigenvalue weighted by atomic mass is 79.9. The molecule has 2 aromatic rings.